The summed E-state index contributed by atoms with van der Waals surface area (Å²) in [6, 6.07) is 2.26. The monoisotopic (exact) mass is 304 g/mol. The second-order valence-electron chi connectivity index (χ2n) is 5.49. The van der Waals surface area contributed by atoms with Crippen molar-refractivity contribution in [1.29, 1.82) is 0 Å². The van der Waals surface area contributed by atoms with Crippen molar-refractivity contribution < 1.29 is 0 Å². The third kappa shape index (κ3) is 3.68. The van der Waals surface area contributed by atoms with Gasteiger partial charge in [-0.2, -0.15) is 0 Å². The number of nitrogens with one attached hydrogen (secondary N) is 1. The molecule has 0 radical (unpaired) electrons. The van der Waals surface area contributed by atoms with Gasteiger partial charge in [0.05, 0.1) is 0 Å². The second-order valence-corrected chi connectivity index (χ2v) is 6.64. The Morgan fingerprint density at radius 1 is 1.38 bits per heavy atom. The van der Waals surface area contributed by atoms with Gasteiger partial charge in [0, 0.05) is 49.1 Å². The summed E-state index contributed by atoms with van der Waals surface area (Å²) in [5, 5.41) is 4.09. The number of nitrogens with two attached hydrogens (primary N) is 1. The molecule has 0 spiro atoms. The normalized spacial score (nSPS) is 23.1. The molecule has 2 unspecified atom stereocenters. The molecule has 0 aromatic carbocycles. The smallest absolute Gasteiger partial charge is 0.222 e. The van der Waals surface area contributed by atoms with Gasteiger partial charge in [-0.25, -0.2) is 15.0 Å². The van der Waals surface area contributed by atoms with E-state index >= 15 is 0 Å². The molecule has 0 bridgehead atoms. The highest BCUT2D eigenvalue weighted by Crippen LogP contribution is 2.23. The average Bonchev–Trinajstić information content (AvgIpc) is 2.88. The quantitative estimate of drug-likeness (QED) is 0.897. The van der Waals surface area contributed by atoms with E-state index < -0.39 is 0 Å². The maximum Gasteiger partial charge on any atom is 0.222 e. The summed E-state index contributed by atoms with van der Waals surface area (Å²) in [6.45, 7) is 5.33. The second kappa shape index (κ2) is 6.36. The van der Waals surface area contributed by atoms with Gasteiger partial charge in [-0.3, -0.25) is 4.90 Å². The van der Waals surface area contributed by atoms with Crippen molar-refractivity contribution in [1.82, 2.24) is 19.9 Å². The van der Waals surface area contributed by atoms with E-state index in [0.717, 1.165) is 32.0 Å². The number of anilines is 2. The Balaban J connectivity index is 1.54. The number of thiazole rings is 1. The maximum absolute atomic E-state index is 5.68. The Morgan fingerprint density at radius 2 is 2.19 bits per heavy atom. The zero-order valence-corrected chi connectivity index (χ0v) is 12.9. The van der Waals surface area contributed by atoms with Gasteiger partial charge in [0.1, 0.15) is 0 Å². The van der Waals surface area contributed by atoms with Crippen molar-refractivity contribution in [2.75, 3.05) is 24.1 Å². The molecule has 1 fully saturated rings. The van der Waals surface area contributed by atoms with Gasteiger partial charge >= 0.3 is 0 Å². The summed E-state index contributed by atoms with van der Waals surface area (Å²) in [5.74, 6) is 1.27. The van der Waals surface area contributed by atoms with Crippen molar-refractivity contribution in [3.05, 3.63) is 29.5 Å². The maximum atomic E-state index is 5.68. The minimum absolute atomic E-state index is 0.426. The van der Waals surface area contributed by atoms with Crippen LogP contribution in [0.4, 0.5) is 11.1 Å². The lowest BCUT2D eigenvalue weighted by Crippen LogP contribution is -2.44. The van der Waals surface area contributed by atoms with Crippen molar-refractivity contribution in [2.24, 2.45) is 5.92 Å². The van der Waals surface area contributed by atoms with Gasteiger partial charge in [-0.05, 0) is 18.4 Å². The number of nitrogen functional groups attached to an aromatic ring is 1. The first-order valence-corrected chi connectivity index (χ1v) is 7.98. The van der Waals surface area contributed by atoms with Crippen LogP contribution in [0, 0.1) is 5.92 Å². The van der Waals surface area contributed by atoms with Crippen molar-refractivity contribution >= 4 is 22.4 Å². The summed E-state index contributed by atoms with van der Waals surface area (Å²) < 4.78 is 0. The standard InChI is InChI=1S/C14H20N6S/c1-10-8-20(9-11-7-18-13(15)21-11)6-3-12(10)19-14-16-4-2-5-17-14/h2,4-5,7,10,12H,3,6,8-9H2,1H3,(H2,15,18)(H,16,17,19). The molecule has 21 heavy (non-hydrogen) atoms. The first kappa shape index (κ1) is 14.2. The number of likely N-dealkylation sites (tertiary alicyclic amines) is 1. The summed E-state index contributed by atoms with van der Waals surface area (Å²) in [5.41, 5.74) is 5.68. The van der Waals surface area contributed by atoms with Crippen LogP contribution >= 0.6 is 11.3 Å². The first-order chi connectivity index (χ1) is 10.2. The van der Waals surface area contributed by atoms with Gasteiger partial charge in [0.2, 0.25) is 5.95 Å². The van der Waals surface area contributed by atoms with Crippen LogP contribution in [0.1, 0.15) is 18.2 Å². The van der Waals surface area contributed by atoms with E-state index in [-0.39, 0.29) is 0 Å². The fraction of sp³-hybridized carbons (Fsp3) is 0.500. The first-order valence-electron chi connectivity index (χ1n) is 7.17. The van der Waals surface area contributed by atoms with Crippen molar-refractivity contribution in [3.63, 3.8) is 0 Å². The summed E-state index contributed by atoms with van der Waals surface area (Å²) in [4.78, 5) is 16.3. The molecule has 3 N–H and O–H groups in total. The molecule has 0 aliphatic carbocycles. The zero-order chi connectivity index (χ0) is 14.7. The highest BCUT2D eigenvalue weighted by Gasteiger charge is 2.26. The van der Waals surface area contributed by atoms with Crippen LogP contribution in [0.25, 0.3) is 0 Å². The highest BCUT2D eigenvalue weighted by molar-refractivity contribution is 7.15. The van der Waals surface area contributed by atoms with Crippen LogP contribution in [0.15, 0.2) is 24.7 Å². The van der Waals surface area contributed by atoms with Gasteiger partial charge in [-0.15, -0.1) is 11.3 Å². The van der Waals surface area contributed by atoms with Gasteiger partial charge in [0.25, 0.3) is 0 Å². The minimum atomic E-state index is 0.426. The molecule has 1 aliphatic heterocycles. The largest absolute Gasteiger partial charge is 0.375 e. The molecule has 1 saturated heterocycles. The number of hydrogen-bond acceptors (Lipinski definition) is 7. The highest BCUT2D eigenvalue weighted by atomic mass is 32.1. The van der Waals surface area contributed by atoms with Gasteiger partial charge in [-0.1, -0.05) is 6.92 Å². The minimum Gasteiger partial charge on any atom is -0.375 e. The SMILES string of the molecule is CC1CN(Cc2cnc(N)s2)CCC1Nc1ncccn1. The third-order valence-corrected chi connectivity index (χ3v) is 4.63. The molecular formula is C14H20N6S. The number of hydrogen-bond donors (Lipinski definition) is 2. The van der Waals surface area contributed by atoms with E-state index in [9.17, 15) is 0 Å². The molecule has 2 aromatic heterocycles. The van der Waals surface area contributed by atoms with E-state index in [0.29, 0.717) is 17.1 Å². The fourth-order valence-corrected chi connectivity index (χ4v) is 3.47. The molecule has 0 saturated carbocycles. The van der Waals surface area contributed by atoms with Gasteiger partial charge in [0.15, 0.2) is 5.13 Å². The average molecular weight is 304 g/mol. The van der Waals surface area contributed by atoms with Crippen molar-refractivity contribution in [2.45, 2.75) is 25.9 Å². The van der Waals surface area contributed by atoms with Crippen LogP contribution in [-0.2, 0) is 6.54 Å². The molecule has 2 atom stereocenters. The molecule has 112 valence electrons. The fourth-order valence-electron chi connectivity index (χ4n) is 2.75. The molecule has 3 heterocycles. The lowest BCUT2D eigenvalue weighted by molar-refractivity contribution is 0.165. The zero-order valence-electron chi connectivity index (χ0n) is 12.1. The van der Waals surface area contributed by atoms with E-state index in [2.05, 4.69) is 32.1 Å². The van der Waals surface area contributed by atoms with Crippen LogP contribution in [0.5, 0.6) is 0 Å². The summed E-state index contributed by atoms with van der Waals surface area (Å²) >= 11 is 1.58. The van der Waals surface area contributed by atoms with Crippen molar-refractivity contribution in [3.8, 4) is 0 Å². The lowest BCUT2D eigenvalue weighted by atomic mass is 9.94. The predicted octanol–water partition coefficient (Wildman–Crippen LogP) is 1.84. The van der Waals surface area contributed by atoms with E-state index in [4.69, 9.17) is 5.73 Å². The summed E-state index contributed by atoms with van der Waals surface area (Å²) in [6.07, 6.45) is 6.51. The Hall–Kier alpha value is -1.73. The Labute approximate surface area is 128 Å². The molecular weight excluding hydrogens is 284 g/mol. The number of rotatable bonds is 4. The predicted molar refractivity (Wildman–Crippen MR) is 85.0 cm³/mol. The van der Waals surface area contributed by atoms with Gasteiger partial charge < -0.3 is 11.1 Å². The van der Waals surface area contributed by atoms with Crippen LogP contribution in [0.2, 0.25) is 0 Å². The summed E-state index contributed by atoms with van der Waals surface area (Å²) in [7, 11) is 0. The number of aromatic nitrogens is 3. The molecule has 1 aliphatic rings. The molecule has 6 nitrogen and oxygen atoms in total. The molecule has 3 rings (SSSR count). The molecule has 7 heteroatoms. The van der Waals surface area contributed by atoms with E-state index in [1.807, 2.05) is 12.3 Å². The lowest BCUT2D eigenvalue weighted by Gasteiger charge is -2.37. The number of nitrogens with zero attached hydrogens (tertiary/aromatic N) is 4. The van der Waals surface area contributed by atoms with Crippen LogP contribution in [0.3, 0.4) is 0 Å². The Bertz CT molecular complexity index is 572. The molecule has 0 amide bonds. The third-order valence-electron chi connectivity index (χ3n) is 3.82. The van der Waals surface area contributed by atoms with Crippen LogP contribution in [-0.4, -0.2) is 39.0 Å². The Kier molecular flexibility index (Phi) is 4.31. The number of piperidine rings is 1. The van der Waals surface area contributed by atoms with E-state index in [1.165, 1.54) is 4.88 Å². The van der Waals surface area contributed by atoms with Crippen LogP contribution < -0.4 is 11.1 Å². The molecule has 2 aromatic rings. The topological polar surface area (TPSA) is 80.0 Å². The van der Waals surface area contributed by atoms with E-state index in [1.54, 1.807) is 23.7 Å². The Morgan fingerprint density at radius 3 is 2.86 bits per heavy atom.